The van der Waals surface area contributed by atoms with Crippen molar-refractivity contribution in [3.63, 3.8) is 0 Å². The summed E-state index contributed by atoms with van der Waals surface area (Å²) in [5, 5.41) is 4.40. The monoisotopic (exact) mass is 333 g/mol. The van der Waals surface area contributed by atoms with Gasteiger partial charge < -0.3 is 4.90 Å². The van der Waals surface area contributed by atoms with Gasteiger partial charge in [-0.1, -0.05) is 0 Å². The smallest absolute Gasteiger partial charge is 0.150 e. The first kappa shape index (κ1) is 12.3. The van der Waals surface area contributed by atoms with Gasteiger partial charge in [0.25, 0.3) is 0 Å². The van der Waals surface area contributed by atoms with Crippen LogP contribution < -0.4 is 4.90 Å². The van der Waals surface area contributed by atoms with Gasteiger partial charge in [-0.3, -0.25) is 9.67 Å². The van der Waals surface area contributed by atoms with E-state index in [0.717, 1.165) is 29.8 Å². The van der Waals surface area contributed by atoms with Gasteiger partial charge in [-0.25, -0.2) is 4.98 Å². The average molecular weight is 334 g/mol. The average Bonchev–Trinajstić information content (AvgIpc) is 3.04. The predicted octanol–water partition coefficient (Wildman–Crippen LogP) is 2.76. The molecule has 1 saturated carbocycles. The molecule has 0 amide bonds. The molecule has 2 aromatic heterocycles. The molecule has 4 rings (SSSR count). The molecule has 3 heterocycles. The van der Waals surface area contributed by atoms with Gasteiger partial charge in [0.1, 0.15) is 0 Å². The standard InChI is InChI=1S/C14H16BrN5/c15-11-7-18-20(8-11)12-3-6-19(9-12)14-13(10-1-2-10)16-4-5-17-14/h4-5,7-8,10,12H,1-3,6,9H2. The van der Waals surface area contributed by atoms with Crippen LogP contribution in [0.1, 0.15) is 36.9 Å². The first-order valence-electron chi connectivity index (χ1n) is 7.07. The molecular formula is C14H16BrN5. The van der Waals surface area contributed by atoms with Crippen LogP contribution >= 0.6 is 15.9 Å². The highest BCUT2D eigenvalue weighted by atomic mass is 79.9. The molecule has 1 unspecified atom stereocenters. The minimum Gasteiger partial charge on any atom is -0.353 e. The summed E-state index contributed by atoms with van der Waals surface area (Å²) in [6, 6.07) is 0.426. The molecule has 1 aliphatic carbocycles. The van der Waals surface area contributed by atoms with Crippen LogP contribution in [0.5, 0.6) is 0 Å². The molecule has 2 fully saturated rings. The van der Waals surface area contributed by atoms with Crippen molar-refractivity contribution in [3.8, 4) is 0 Å². The zero-order valence-corrected chi connectivity index (χ0v) is 12.7. The Labute approximate surface area is 126 Å². The van der Waals surface area contributed by atoms with E-state index < -0.39 is 0 Å². The van der Waals surface area contributed by atoms with Crippen molar-refractivity contribution in [2.75, 3.05) is 18.0 Å². The molecule has 1 saturated heterocycles. The van der Waals surface area contributed by atoms with Crippen LogP contribution in [0.3, 0.4) is 0 Å². The molecule has 0 aromatic carbocycles. The maximum Gasteiger partial charge on any atom is 0.150 e. The van der Waals surface area contributed by atoms with Crippen LogP contribution in [-0.4, -0.2) is 32.8 Å². The van der Waals surface area contributed by atoms with Crippen LogP contribution in [0.4, 0.5) is 5.82 Å². The highest BCUT2D eigenvalue weighted by molar-refractivity contribution is 9.10. The Balaban J connectivity index is 1.56. The number of aromatic nitrogens is 4. The van der Waals surface area contributed by atoms with E-state index in [0.29, 0.717) is 12.0 Å². The Kier molecular flexibility index (Phi) is 2.98. The van der Waals surface area contributed by atoms with Crippen molar-refractivity contribution >= 4 is 21.7 Å². The first-order chi connectivity index (χ1) is 9.81. The first-order valence-corrected chi connectivity index (χ1v) is 7.86. The quantitative estimate of drug-likeness (QED) is 0.866. The lowest BCUT2D eigenvalue weighted by Crippen LogP contribution is -2.23. The van der Waals surface area contributed by atoms with E-state index in [1.54, 1.807) is 6.20 Å². The second kappa shape index (κ2) is 4.84. The summed E-state index contributed by atoms with van der Waals surface area (Å²) < 4.78 is 3.09. The second-order valence-corrected chi connectivity index (χ2v) is 6.48. The highest BCUT2D eigenvalue weighted by Crippen LogP contribution is 2.43. The zero-order valence-electron chi connectivity index (χ0n) is 11.1. The largest absolute Gasteiger partial charge is 0.353 e. The molecule has 0 N–H and O–H groups in total. The Morgan fingerprint density at radius 3 is 2.75 bits per heavy atom. The molecule has 2 aromatic rings. The van der Waals surface area contributed by atoms with E-state index in [9.17, 15) is 0 Å². The van der Waals surface area contributed by atoms with Gasteiger partial charge in [0, 0.05) is 37.6 Å². The zero-order chi connectivity index (χ0) is 13.5. The van der Waals surface area contributed by atoms with Crippen LogP contribution in [-0.2, 0) is 0 Å². The Morgan fingerprint density at radius 2 is 2.00 bits per heavy atom. The van der Waals surface area contributed by atoms with Crippen LogP contribution in [0, 0.1) is 0 Å². The van der Waals surface area contributed by atoms with Crippen molar-refractivity contribution in [2.24, 2.45) is 0 Å². The van der Waals surface area contributed by atoms with E-state index in [1.165, 1.54) is 18.5 Å². The highest BCUT2D eigenvalue weighted by Gasteiger charge is 2.33. The van der Waals surface area contributed by atoms with Gasteiger partial charge >= 0.3 is 0 Å². The summed E-state index contributed by atoms with van der Waals surface area (Å²) in [5.74, 6) is 1.72. The third-order valence-corrected chi connectivity index (χ3v) is 4.49. The minimum absolute atomic E-state index is 0.426. The predicted molar refractivity (Wildman–Crippen MR) is 79.8 cm³/mol. The van der Waals surface area contributed by atoms with Crippen molar-refractivity contribution < 1.29 is 0 Å². The molecule has 0 bridgehead atoms. The van der Waals surface area contributed by atoms with Gasteiger partial charge in [0.05, 0.1) is 22.4 Å². The third kappa shape index (κ3) is 2.22. The minimum atomic E-state index is 0.426. The number of anilines is 1. The van der Waals surface area contributed by atoms with E-state index in [4.69, 9.17) is 0 Å². The SMILES string of the molecule is Brc1cnn(C2CCN(c3nccnc3C3CC3)C2)c1. The van der Waals surface area contributed by atoms with E-state index in [1.807, 2.05) is 18.6 Å². The molecule has 1 atom stereocenters. The van der Waals surface area contributed by atoms with Gasteiger partial charge in [0.15, 0.2) is 5.82 Å². The van der Waals surface area contributed by atoms with E-state index >= 15 is 0 Å². The lowest BCUT2D eigenvalue weighted by molar-refractivity contribution is 0.494. The fraction of sp³-hybridized carbons (Fsp3) is 0.500. The fourth-order valence-corrected chi connectivity index (χ4v) is 3.20. The van der Waals surface area contributed by atoms with Crippen molar-refractivity contribution in [3.05, 3.63) is 35.0 Å². The summed E-state index contributed by atoms with van der Waals surface area (Å²) in [4.78, 5) is 11.5. The number of nitrogens with zero attached hydrogens (tertiary/aromatic N) is 5. The summed E-state index contributed by atoms with van der Waals surface area (Å²) in [6.07, 6.45) is 11.1. The summed E-state index contributed by atoms with van der Waals surface area (Å²) in [7, 11) is 0. The maximum atomic E-state index is 4.58. The maximum absolute atomic E-state index is 4.58. The van der Waals surface area contributed by atoms with Crippen LogP contribution in [0.15, 0.2) is 29.3 Å². The number of halogens is 1. The molecule has 5 nitrogen and oxygen atoms in total. The van der Waals surface area contributed by atoms with Gasteiger partial charge in [-0.2, -0.15) is 5.10 Å². The Morgan fingerprint density at radius 1 is 1.15 bits per heavy atom. The van der Waals surface area contributed by atoms with Crippen LogP contribution in [0.25, 0.3) is 0 Å². The van der Waals surface area contributed by atoms with Crippen molar-refractivity contribution in [1.82, 2.24) is 19.7 Å². The lowest BCUT2D eigenvalue weighted by atomic mass is 10.2. The number of hydrogen-bond donors (Lipinski definition) is 0. The molecule has 1 aliphatic heterocycles. The molecule has 104 valence electrons. The molecule has 0 spiro atoms. The molecular weight excluding hydrogens is 318 g/mol. The van der Waals surface area contributed by atoms with Gasteiger partial charge in [-0.15, -0.1) is 0 Å². The lowest BCUT2D eigenvalue weighted by Gasteiger charge is -2.19. The number of rotatable bonds is 3. The van der Waals surface area contributed by atoms with Crippen LogP contribution in [0.2, 0.25) is 0 Å². The van der Waals surface area contributed by atoms with Crippen molar-refractivity contribution in [2.45, 2.75) is 31.2 Å². The summed E-state index contributed by atoms with van der Waals surface area (Å²) in [6.45, 7) is 1.99. The molecule has 20 heavy (non-hydrogen) atoms. The van der Waals surface area contributed by atoms with E-state index in [-0.39, 0.29) is 0 Å². The molecule has 2 aliphatic rings. The van der Waals surface area contributed by atoms with Gasteiger partial charge in [-0.05, 0) is 35.2 Å². The third-order valence-electron chi connectivity index (χ3n) is 4.08. The number of hydrogen-bond acceptors (Lipinski definition) is 4. The van der Waals surface area contributed by atoms with Crippen molar-refractivity contribution in [1.29, 1.82) is 0 Å². The molecule has 0 radical (unpaired) electrons. The topological polar surface area (TPSA) is 46.8 Å². The van der Waals surface area contributed by atoms with E-state index in [2.05, 4.69) is 40.6 Å². The Bertz CT molecular complexity index is 622. The summed E-state index contributed by atoms with van der Waals surface area (Å²) in [5.41, 5.74) is 1.19. The summed E-state index contributed by atoms with van der Waals surface area (Å²) >= 11 is 3.46. The fourth-order valence-electron chi connectivity index (χ4n) is 2.89. The normalized spacial score (nSPS) is 22.4. The second-order valence-electron chi connectivity index (χ2n) is 5.57. The van der Waals surface area contributed by atoms with Gasteiger partial charge in [0.2, 0.25) is 0 Å². The molecule has 6 heteroatoms. The Hall–Kier alpha value is -1.43.